The molecule has 0 unspecified atom stereocenters. The van der Waals surface area contributed by atoms with Crippen LogP contribution in [0.15, 0.2) is 78.9 Å². The van der Waals surface area contributed by atoms with Gasteiger partial charge < -0.3 is 19.7 Å². The molecule has 1 N–H and O–H groups in total. The van der Waals surface area contributed by atoms with Crippen LogP contribution in [-0.2, 0) is 29.0 Å². The number of nitrogens with zero attached hydrogens (tertiary/aromatic N) is 1. The highest BCUT2D eigenvalue weighted by Crippen LogP contribution is 2.27. The van der Waals surface area contributed by atoms with Gasteiger partial charge in [-0.2, -0.15) is 0 Å². The first-order valence-electron chi connectivity index (χ1n) is 11.4. The lowest BCUT2D eigenvalue weighted by Crippen LogP contribution is -2.48. The summed E-state index contributed by atoms with van der Waals surface area (Å²) in [6.07, 6.45) is 0.881. The Hall–Kier alpha value is -3.80. The van der Waals surface area contributed by atoms with Crippen LogP contribution >= 0.6 is 0 Å². The van der Waals surface area contributed by atoms with Gasteiger partial charge in [0.25, 0.3) is 0 Å². The van der Waals surface area contributed by atoms with Gasteiger partial charge in [-0.15, -0.1) is 0 Å². The second-order valence-corrected chi connectivity index (χ2v) is 8.08. The molecule has 3 rings (SSSR count). The maximum absolute atomic E-state index is 13.2. The average molecular weight is 461 g/mol. The summed E-state index contributed by atoms with van der Waals surface area (Å²) in [5.41, 5.74) is 2.92. The van der Waals surface area contributed by atoms with Crippen LogP contribution in [0.2, 0.25) is 0 Å². The molecule has 0 aliphatic rings. The van der Waals surface area contributed by atoms with Gasteiger partial charge in [0.2, 0.25) is 11.8 Å². The molecule has 0 bridgehead atoms. The molecular weight excluding hydrogens is 428 g/mol. The van der Waals surface area contributed by atoms with E-state index in [9.17, 15) is 9.59 Å². The maximum Gasteiger partial charge on any atom is 0.242 e. The minimum Gasteiger partial charge on any atom is -0.493 e. The molecule has 0 aliphatic carbocycles. The van der Waals surface area contributed by atoms with Gasteiger partial charge in [0.15, 0.2) is 11.5 Å². The normalized spacial score (nSPS) is 11.4. The van der Waals surface area contributed by atoms with Crippen LogP contribution in [0.1, 0.15) is 23.6 Å². The van der Waals surface area contributed by atoms with Crippen LogP contribution in [0, 0.1) is 0 Å². The molecule has 34 heavy (non-hydrogen) atoms. The lowest BCUT2D eigenvalue weighted by atomic mass is 10.1. The van der Waals surface area contributed by atoms with Crippen molar-refractivity contribution in [2.24, 2.45) is 0 Å². The number of ether oxygens (including phenoxy) is 2. The summed E-state index contributed by atoms with van der Waals surface area (Å²) < 4.78 is 10.6. The van der Waals surface area contributed by atoms with Gasteiger partial charge in [-0.3, -0.25) is 9.59 Å². The summed E-state index contributed by atoms with van der Waals surface area (Å²) in [6, 6.07) is 24.4. The van der Waals surface area contributed by atoms with Crippen molar-refractivity contribution in [1.82, 2.24) is 10.2 Å². The molecule has 3 aromatic carbocycles. The van der Waals surface area contributed by atoms with E-state index in [-0.39, 0.29) is 18.2 Å². The maximum atomic E-state index is 13.2. The lowest BCUT2D eigenvalue weighted by Gasteiger charge is -2.29. The van der Waals surface area contributed by atoms with E-state index in [0.717, 1.165) is 16.7 Å². The molecule has 0 radical (unpaired) electrons. The van der Waals surface area contributed by atoms with Gasteiger partial charge in [-0.25, -0.2) is 0 Å². The van der Waals surface area contributed by atoms with E-state index in [2.05, 4.69) is 5.32 Å². The largest absolute Gasteiger partial charge is 0.493 e. The summed E-state index contributed by atoms with van der Waals surface area (Å²) in [7, 11) is 3.19. The molecule has 2 amide bonds. The first-order chi connectivity index (χ1) is 16.5. The van der Waals surface area contributed by atoms with Crippen molar-refractivity contribution in [3.05, 3.63) is 95.6 Å². The van der Waals surface area contributed by atoms with E-state index >= 15 is 0 Å². The van der Waals surface area contributed by atoms with Crippen LogP contribution in [0.5, 0.6) is 11.5 Å². The van der Waals surface area contributed by atoms with E-state index in [1.807, 2.05) is 78.9 Å². The molecule has 6 heteroatoms. The molecule has 0 fully saturated rings. The fourth-order valence-electron chi connectivity index (χ4n) is 3.75. The van der Waals surface area contributed by atoms with E-state index in [4.69, 9.17) is 9.47 Å². The Morgan fingerprint density at radius 1 is 0.824 bits per heavy atom. The highest BCUT2D eigenvalue weighted by molar-refractivity contribution is 5.88. The van der Waals surface area contributed by atoms with Crippen molar-refractivity contribution in [2.75, 3.05) is 20.8 Å². The second-order valence-electron chi connectivity index (χ2n) is 8.08. The first-order valence-corrected chi connectivity index (χ1v) is 11.4. The van der Waals surface area contributed by atoms with Crippen molar-refractivity contribution >= 4 is 11.8 Å². The van der Waals surface area contributed by atoms with Crippen molar-refractivity contribution in [3.63, 3.8) is 0 Å². The second kappa shape index (κ2) is 12.4. The molecule has 3 aromatic rings. The van der Waals surface area contributed by atoms with Crippen LogP contribution < -0.4 is 14.8 Å². The number of rotatable bonds is 11. The van der Waals surface area contributed by atoms with Crippen molar-refractivity contribution in [1.29, 1.82) is 0 Å². The number of nitrogens with one attached hydrogen (secondary N) is 1. The van der Waals surface area contributed by atoms with Crippen LogP contribution in [0.4, 0.5) is 0 Å². The highest BCUT2D eigenvalue weighted by atomic mass is 16.5. The van der Waals surface area contributed by atoms with Crippen molar-refractivity contribution in [3.8, 4) is 11.5 Å². The molecule has 0 aliphatic heterocycles. The van der Waals surface area contributed by atoms with Crippen molar-refractivity contribution < 1.29 is 19.1 Å². The molecule has 0 spiro atoms. The summed E-state index contributed by atoms with van der Waals surface area (Å²) in [5.74, 6) is 1.05. The molecule has 178 valence electrons. The fraction of sp³-hybridized carbons (Fsp3) is 0.286. The molecule has 6 nitrogen and oxygen atoms in total. The highest BCUT2D eigenvalue weighted by Gasteiger charge is 2.26. The van der Waals surface area contributed by atoms with E-state index in [0.29, 0.717) is 31.0 Å². The number of hydrogen-bond acceptors (Lipinski definition) is 4. The summed E-state index contributed by atoms with van der Waals surface area (Å²) in [4.78, 5) is 27.9. The lowest BCUT2D eigenvalue weighted by molar-refractivity contribution is -0.140. The standard InChI is InChI=1S/C28H32N2O4/c1-21(28(32)29-17-16-23-14-15-25(33-2)26(18-23)34-3)30(20-24-12-8-5-9-13-24)27(31)19-22-10-6-4-7-11-22/h4-15,18,21H,16-17,19-20H2,1-3H3,(H,29,32)/t21-/m1/s1. The number of carbonyl (C=O) groups is 2. The van der Waals surface area contributed by atoms with Gasteiger partial charge in [0, 0.05) is 13.1 Å². The number of methoxy groups -OCH3 is 2. The van der Waals surface area contributed by atoms with E-state index in [1.165, 1.54) is 0 Å². The summed E-state index contributed by atoms with van der Waals surface area (Å²) >= 11 is 0. The Bertz CT molecular complexity index is 1070. The molecule has 0 heterocycles. The van der Waals surface area contributed by atoms with Gasteiger partial charge >= 0.3 is 0 Å². The summed E-state index contributed by atoms with van der Waals surface area (Å²) in [6.45, 7) is 2.60. The predicted molar refractivity (Wildman–Crippen MR) is 133 cm³/mol. The van der Waals surface area contributed by atoms with Gasteiger partial charge in [0.05, 0.1) is 20.6 Å². The number of benzene rings is 3. The number of carbonyl (C=O) groups excluding carboxylic acids is 2. The van der Waals surface area contributed by atoms with Crippen LogP contribution in [0.3, 0.4) is 0 Å². The van der Waals surface area contributed by atoms with Crippen molar-refractivity contribution in [2.45, 2.75) is 32.4 Å². The third-order valence-electron chi connectivity index (χ3n) is 5.72. The Labute approximate surface area is 201 Å². The van der Waals surface area contributed by atoms with E-state index < -0.39 is 6.04 Å². The Morgan fingerprint density at radius 3 is 2.06 bits per heavy atom. The minimum atomic E-state index is -0.609. The zero-order chi connectivity index (χ0) is 24.3. The zero-order valence-electron chi connectivity index (χ0n) is 20.0. The molecule has 0 saturated heterocycles. The Balaban J connectivity index is 1.65. The van der Waals surface area contributed by atoms with E-state index in [1.54, 1.807) is 26.0 Å². The monoisotopic (exact) mass is 460 g/mol. The fourth-order valence-corrected chi connectivity index (χ4v) is 3.75. The third kappa shape index (κ3) is 6.85. The topological polar surface area (TPSA) is 67.9 Å². The molecule has 1 atom stereocenters. The quantitative estimate of drug-likeness (QED) is 0.469. The SMILES string of the molecule is COc1ccc(CCNC(=O)[C@@H](C)N(Cc2ccccc2)C(=O)Cc2ccccc2)cc1OC. The summed E-state index contributed by atoms with van der Waals surface area (Å²) in [5, 5.41) is 2.98. The minimum absolute atomic E-state index is 0.0856. The number of hydrogen-bond donors (Lipinski definition) is 1. The van der Waals surface area contributed by atoms with Crippen LogP contribution in [-0.4, -0.2) is 43.5 Å². The third-order valence-corrected chi connectivity index (χ3v) is 5.72. The first kappa shape index (κ1) is 24.8. The predicted octanol–water partition coefficient (Wildman–Crippen LogP) is 4.02. The molecule has 0 aromatic heterocycles. The van der Waals surface area contributed by atoms with Gasteiger partial charge in [-0.05, 0) is 42.2 Å². The Kier molecular flexibility index (Phi) is 9.09. The Morgan fingerprint density at radius 2 is 1.44 bits per heavy atom. The van der Waals surface area contributed by atoms with Gasteiger partial charge in [-0.1, -0.05) is 66.7 Å². The van der Waals surface area contributed by atoms with Crippen LogP contribution in [0.25, 0.3) is 0 Å². The molecule has 0 saturated carbocycles. The smallest absolute Gasteiger partial charge is 0.242 e. The van der Waals surface area contributed by atoms with Gasteiger partial charge in [0.1, 0.15) is 6.04 Å². The zero-order valence-corrected chi connectivity index (χ0v) is 20.0. The molecular formula is C28H32N2O4. The number of amides is 2. The average Bonchev–Trinajstić information content (AvgIpc) is 2.87.